The Morgan fingerprint density at radius 2 is 2.30 bits per heavy atom. The van der Waals surface area contributed by atoms with E-state index in [1.54, 1.807) is 17.8 Å². The van der Waals surface area contributed by atoms with E-state index >= 15 is 0 Å². The third-order valence-corrected chi connectivity index (χ3v) is 5.58. The highest BCUT2D eigenvalue weighted by Crippen LogP contribution is 2.19. The molecule has 0 spiro atoms. The monoisotopic (exact) mass is 300 g/mol. The van der Waals surface area contributed by atoms with Gasteiger partial charge >= 0.3 is 0 Å². The molecule has 0 radical (unpaired) electrons. The van der Waals surface area contributed by atoms with Gasteiger partial charge in [0.1, 0.15) is 0 Å². The summed E-state index contributed by atoms with van der Waals surface area (Å²) in [6.07, 6.45) is 2.20. The van der Waals surface area contributed by atoms with E-state index in [0.29, 0.717) is 24.0 Å². The number of hydrogen-bond acceptors (Lipinski definition) is 4. The van der Waals surface area contributed by atoms with Crippen LogP contribution in [-0.4, -0.2) is 49.2 Å². The van der Waals surface area contributed by atoms with Gasteiger partial charge in [-0.15, -0.1) is 0 Å². The van der Waals surface area contributed by atoms with Gasteiger partial charge in [-0.2, -0.15) is 9.40 Å². The number of aryl methyl sites for hydroxylation is 2. The Morgan fingerprint density at radius 3 is 2.90 bits per heavy atom. The maximum absolute atomic E-state index is 12.6. The molecule has 1 saturated heterocycles. The van der Waals surface area contributed by atoms with E-state index in [1.807, 2.05) is 13.8 Å². The van der Waals surface area contributed by atoms with E-state index in [0.717, 1.165) is 31.6 Å². The van der Waals surface area contributed by atoms with Gasteiger partial charge < -0.3 is 5.32 Å². The maximum atomic E-state index is 12.6. The summed E-state index contributed by atoms with van der Waals surface area (Å²) in [6.45, 7) is 6.76. The van der Waals surface area contributed by atoms with Gasteiger partial charge in [0.15, 0.2) is 5.03 Å². The van der Waals surface area contributed by atoms with Crippen molar-refractivity contribution in [2.75, 3.05) is 26.7 Å². The Hall–Kier alpha value is -0.920. The molecule has 1 atom stereocenters. The van der Waals surface area contributed by atoms with Crippen molar-refractivity contribution in [1.29, 1.82) is 0 Å². The molecule has 0 amide bonds. The molecule has 1 N–H and O–H groups in total. The molecule has 0 aliphatic carbocycles. The van der Waals surface area contributed by atoms with Crippen molar-refractivity contribution in [3.8, 4) is 0 Å². The molecule has 1 aliphatic rings. The number of aromatic nitrogens is 2. The van der Waals surface area contributed by atoms with Gasteiger partial charge in [-0.1, -0.05) is 0 Å². The fourth-order valence-corrected chi connectivity index (χ4v) is 4.14. The first-order valence-corrected chi connectivity index (χ1v) is 8.60. The van der Waals surface area contributed by atoms with Crippen LogP contribution >= 0.6 is 0 Å². The first-order valence-electron chi connectivity index (χ1n) is 7.16. The van der Waals surface area contributed by atoms with E-state index in [4.69, 9.17) is 0 Å². The number of piperidine rings is 1. The number of nitrogens with one attached hydrogen (secondary N) is 1. The Labute approximate surface area is 121 Å². The zero-order valence-corrected chi connectivity index (χ0v) is 13.3. The summed E-state index contributed by atoms with van der Waals surface area (Å²) in [5.41, 5.74) is 0.734. The van der Waals surface area contributed by atoms with Crippen molar-refractivity contribution in [2.24, 2.45) is 5.92 Å². The number of rotatable bonds is 5. The summed E-state index contributed by atoms with van der Waals surface area (Å²) in [5.74, 6) is 0.391. The lowest BCUT2D eigenvalue weighted by molar-refractivity contribution is 0.313. The molecule has 20 heavy (non-hydrogen) atoms. The molecule has 1 aromatic heterocycles. The molecule has 1 unspecified atom stereocenters. The average Bonchev–Trinajstić information content (AvgIpc) is 2.82. The van der Waals surface area contributed by atoms with Crippen LogP contribution in [0.2, 0.25) is 0 Å². The molecule has 2 heterocycles. The van der Waals surface area contributed by atoms with E-state index in [2.05, 4.69) is 10.4 Å². The van der Waals surface area contributed by atoms with Crippen LogP contribution in [-0.2, 0) is 16.6 Å². The van der Waals surface area contributed by atoms with Gasteiger partial charge in [-0.3, -0.25) is 4.68 Å². The van der Waals surface area contributed by atoms with Crippen molar-refractivity contribution in [3.05, 3.63) is 11.8 Å². The first kappa shape index (κ1) is 15.5. The van der Waals surface area contributed by atoms with E-state index in [9.17, 15) is 8.42 Å². The second-order valence-corrected chi connectivity index (χ2v) is 7.43. The minimum atomic E-state index is -3.45. The van der Waals surface area contributed by atoms with Crippen LogP contribution in [0.15, 0.2) is 11.1 Å². The van der Waals surface area contributed by atoms with Gasteiger partial charge in [0, 0.05) is 20.1 Å². The standard InChI is InChI=1S/C13H24N4O2S/c1-4-17-13(8-11(2)15-17)20(18,19)16(3)10-12-6-5-7-14-9-12/h8,12,14H,4-7,9-10H2,1-3H3. The minimum absolute atomic E-state index is 0.295. The van der Waals surface area contributed by atoms with Crippen LogP contribution in [0.3, 0.4) is 0 Å². The largest absolute Gasteiger partial charge is 0.316 e. The zero-order chi connectivity index (χ0) is 14.8. The van der Waals surface area contributed by atoms with Crippen molar-refractivity contribution in [2.45, 2.75) is 38.3 Å². The fourth-order valence-electron chi connectivity index (χ4n) is 2.66. The summed E-state index contributed by atoms with van der Waals surface area (Å²) in [4.78, 5) is 0. The molecule has 2 rings (SSSR count). The van der Waals surface area contributed by atoms with Gasteiger partial charge in [-0.05, 0) is 51.8 Å². The van der Waals surface area contributed by atoms with Crippen molar-refractivity contribution < 1.29 is 8.42 Å². The SMILES string of the molecule is CCn1nc(C)cc1S(=O)(=O)N(C)CC1CCCNC1. The lowest BCUT2D eigenvalue weighted by Crippen LogP contribution is -2.39. The zero-order valence-electron chi connectivity index (χ0n) is 12.5. The average molecular weight is 300 g/mol. The van der Waals surface area contributed by atoms with Gasteiger partial charge in [-0.25, -0.2) is 8.42 Å². The summed E-state index contributed by atoms with van der Waals surface area (Å²) in [6, 6.07) is 1.65. The highest BCUT2D eigenvalue weighted by atomic mass is 32.2. The molecule has 0 saturated carbocycles. The Kier molecular flexibility index (Phi) is 4.82. The van der Waals surface area contributed by atoms with Crippen molar-refractivity contribution in [3.63, 3.8) is 0 Å². The molecule has 1 aromatic rings. The molecule has 0 bridgehead atoms. The predicted octanol–water partition coefficient (Wildman–Crippen LogP) is 0.832. The molecule has 1 aliphatic heterocycles. The molecule has 0 aromatic carbocycles. The summed E-state index contributed by atoms with van der Waals surface area (Å²) in [7, 11) is -1.80. The molecule has 6 nitrogen and oxygen atoms in total. The summed E-state index contributed by atoms with van der Waals surface area (Å²) < 4.78 is 28.3. The topological polar surface area (TPSA) is 67.2 Å². The number of nitrogens with zero attached hydrogens (tertiary/aromatic N) is 3. The third kappa shape index (κ3) is 3.21. The lowest BCUT2D eigenvalue weighted by atomic mass is 10.00. The number of sulfonamides is 1. The molecule has 114 valence electrons. The van der Waals surface area contributed by atoms with Crippen LogP contribution in [0.25, 0.3) is 0 Å². The van der Waals surface area contributed by atoms with Crippen LogP contribution in [0.1, 0.15) is 25.5 Å². The predicted molar refractivity (Wildman–Crippen MR) is 78.0 cm³/mol. The quantitative estimate of drug-likeness (QED) is 0.875. The van der Waals surface area contributed by atoms with Crippen LogP contribution < -0.4 is 5.32 Å². The highest BCUT2D eigenvalue weighted by molar-refractivity contribution is 7.89. The Bertz CT molecular complexity index is 547. The van der Waals surface area contributed by atoms with Crippen LogP contribution in [0.4, 0.5) is 0 Å². The van der Waals surface area contributed by atoms with Gasteiger partial charge in [0.25, 0.3) is 10.0 Å². The van der Waals surface area contributed by atoms with Crippen LogP contribution in [0, 0.1) is 12.8 Å². The molecular formula is C13H24N4O2S. The third-order valence-electron chi connectivity index (χ3n) is 3.75. The normalized spacial score (nSPS) is 20.5. The maximum Gasteiger partial charge on any atom is 0.259 e. The lowest BCUT2D eigenvalue weighted by Gasteiger charge is -2.27. The van der Waals surface area contributed by atoms with Gasteiger partial charge in [0.05, 0.1) is 5.69 Å². The fraction of sp³-hybridized carbons (Fsp3) is 0.769. The second kappa shape index (κ2) is 6.24. The minimum Gasteiger partial charge on any atom is -0.316 e. The Morgan fingerprint density at radius 1 is 1.55 bits per heavy atom. The van der Waals surface area contributed by atoms with E-state index in [-0.39, 0.29) is 0 Å². The van der Waals surface area contributed by atoms with E-state index in [1.165, 1.54) is 4.31 Å². The van der Waals surface area contributed by atoms with Crippen molar-refractivity contribution in [1.82, 2.24) is 19.4 Å². The Balaban J connectivity index is 2.15. The van der Waals surface area contributed by atoms with Crippen LogP contribution in [0.5, 0.6) is 0 Å². The number of hydrogen-bond donors (Lipinski definition) is 1. The highest BCUT2D eigenvalue weighted by Gasteiger charge is 2.28. The smallest absolute Gasteiger partial charge is 0.259 e. The summed E-state index contributed by atoms with van der Waals surface area (Å²) >= 11 is 0. The second-order valence-electron chi connectivity index (χ2n) is 5.44. The molecule has 1 fully saturated rings. The molecular weight excluding hydrogens is 276 g/mol. The molecule has 7 heteroatoms. The van der Waals surface area contributed by atoms with Crippen molar-refractivity contribution >= 4 is 10.0 Å². The first-order chi connectivity index (χ1) is 9.45. The van der Waals surface area contributed by atoms with Gasteiger partial charge in [0.2, 0.25) is 0 Å². The van der Waals surface area contributed by atoms with E-state index < -0.39 is 10.0 Å². The summed E-state index contributed by atoms with van der Waals surface area (Å²) in [5, 5.41) is 7.84.